The number of nitrogens with one attached hydrogen (secondary N) is 2. The first kappa shape index (κ1) is 26.4. The Morgan fingerprint density at radius 1 is 1.18 bits per heavy atom. The minimum atomic E-state index is -0.897. The molecule has 1 aliphatic heterocycles. The Labute approximate surface area is 203 Å². The van der Waals surface area contributed by atoms with Crippen LogP contribution in [0.4, 0.5) is 0 Å². The van der Waals surface area contributed by atoms with Gasteiger partial charge in [0.1, 0.15) is 6.04 Å². The lowest BCUT2D eigenvalue weighted by atomic mass is 9.79. The highest BCUT2D eigenvalue weighted by atomic mass is 16.2. The van der Waals surface area contributed by atoms with Gasteiger partial charge in [0.15, 0.2) is 0 Å². The molecule has 5 atom stereocenters. The van der Waals surface area contributed by atoms with Gasteiger partial charge in [-0.1, -0.05) is 53.5 Å². The minimum Gasteiger partial charge on any atom is -0.346 e. The summed E-state index contributed by atoms with van der Waals surface area (Å²) in [5, 5.41) is 5.40. The molecule has 3 rings (SSSR count). The number of carbonyl (C=O) groups is 4. The maximum absolute atomic E-state index is 13.7. The van der Waals surface area contributed by atoms with Crippen LogP contribution in [-0.2, 0) is 19.2 Å². The lowest BCUT2D eigenvalue weighted by molar-refractivity contribution is -0.144. The van der Waals surface area contributed by atoms with E-state index in [0.29, 0.717) is 18.9 Å². The Morgan fingerprint density at radius 2 is 1.82 bits per heavy atom. The Hall–Kier alpha value is -2.22. The second kappa shape index (κ2) is 9.80. The van der Waals surface area contributed by atoms with E-state index >= 15 is 0 Å². The summed E-state index contributed by atoms with van der Waals surface area (Å²) in [4.78, 5) is 54.0. The predicted molar refractivity (Wildman–Crippen MR) is 130 cm³/mol. The molecule has 1 heterocycles. The molecule has 4 N–H and O–H groups in total. The molecule has 34 heavy (non-hydrogen) atoms. The van der Waals surface area contributed by atoms with Crippen molar-refractivity contribution in [2.24, 2.45) is 34.3 Å². The van der Waals surface area contributed by atoms with Gasteiger partial charge in [-0.05, 0) is 47.8 Å². The third kappa shape index (κ3) is 5.53. The summed E-state index contributed by atoms with van der Waals surface area (Å²) in [7, 11) is 0. The fourth-order valence-electron chi connectivity index (χ4n) is 5.52. The van der Waals surface area contributed by atoms with E-state index in [1.165, 1.54) is 6.08 Å². The van der Waals surface area contributed by atoms with Crippen LogP contribution in [0.1, 0.15) is 66.7 Å². The van der Waals surface area contributed by atoms with E-state index in [-0.39, 0.29) is 35.6 Å². The van der Waals surface area contributed by atoms with Crippen molar-refractivity contribution in [3.63, 3.8) is 0 Å². The molecule has 8 nitrogen and oxygen atoms in total. The molecule has 190 valence electrons. The zero-order chi connectivity index (χ0) is 25.4. The number of likely N-dealkylation sites (tertiary alicyclic amines) is 1. The van der Waals surface area contributed by atoms with Crippen LogP contribution in [0.25, 0.3) is 0 Å². The summed E-state index contributed by atoms with van der Waals surface area (Å²) in [6, 6.07) is -2.32. The lowest BCUT2D eigenvalue weighted by Gasteiger charge is -2.34. The van der Waals surface area contributed by atoms with Crippen molar-refractivity contribution in [2.75, 3.05) is 13.1 Å². The predicted octanol–water partition coefficient (Wildman–Crippen LogP) is 1.78. The van der Waals surface area contributed by atoms with E-state index in [4.69, 9.17) is 5.73 Å². The number of amides is 3. The Bertz CT molecular complexity index is 842. The molecule has 0 radical (unpaired) electrons. The van der Waals surface area contributed by atoms with Gasteiger partial charge in [-0.25, -0.2) is 0 Å². The minimum absolute atomic E-state index is 0.0115. The largest absolute Gasteiger partial charge is 0.346 e. The van der Waals surface area contributed by atoms with Crippen molar-refractivity contribution in [3.05, 3.63) is 12.7 Å². The monoisotopic (exact) mass is 474 g/mol. The summed E-state index contributed by atoms with van der Waals surface area (Å²) in [5.74, 6) is -1.42. The van der Waals surface area contributed by atoms with E-state index in [9.17, 15) is 19.2 Å². The van der Waals surface area contributed by atoms with Crippen LogP contribution in [-0.4, -0.2) is 59.6 Å². The van der Waals surface area contributed by atoms with Crippen molar-refractivity contribution in [1.29, 1.82) is 0 Å². The number of hydrogen-bond donors (Lipinski definition) is 3. The summed E-state index contributed by atoms with van der Waals surface area (Å²) < 4.78 is 0. The molecule has 2 saturated carbocycles. The van der Waals surface area contributed by atoms with Gasteiger partial charge in [-0.2, -0.15) is 0 Å². The van der Waals surface area contributed by atoms with Crippen molar-refractivity contribution in [2.45, 2.75) is 84.8 Å². The zero-order valence-corrected chi connectivity index (χ0v) is 21.4. The Balaban J connectivity index is 1.84. The first-order valence-corrected chi connectivity index (χ1v) is 12.6. The molecular weight excluding hydrogens is 432 g/mol. The first-order chi connectivity index (χ1) is 15.8. The van der Waals surface area contributed by atoms with Crippen LogP contribution < -0.4 is 16.4 Å². The average Bonchev–Trinajstić information content (AvgIpc) is 3.41. The summed E-state index contributed by atoms with van der Waals surface area (Å²) in [5.41, 5.74) is 5.89. The molecule has 1 saturated heterocycles. The lowest BCUT2D eigenvalue weighted by Crippen LogP contribution is -2.58. The van der Waals surface area contributed by atoms with Crippen LogP contribution in [0.2, 0.25) is 0 Å². The van der Waals surface area contributed by atoms with Crippen molar-refractivity contribution in [1.82, 2.24) is 15.5 Å². The highest BCUT2D eigenvalue weighted by Crippen LogP contribution is 2.53. The molecule has 1 unspecified atom stereocenters. The van der Waals surface area contributed by atoms with Gasteiger partial charge in [0.05, 0.1) is 12.1 Å². The molecule has 0 aromatic carbocycles. The Morgan fingerprint density at radius 3 is 2.38 bits per heavy atom. The molecule has 0 aromatic heterocycles. The molecule has 0 spiro atoms. The van der Waals surface area contributed by atoms with E-state index in [0.717, 1.165) is 25.7 Å². The summed E-state index contributed by atoms with van der Waals surface area (Å²) >= 11 is 0. The van der Waals surface area contributed by atoms with Crippen LogP contribution in [0.5, 0.6) is 0 Å². The van der Waals surface area contributed by atoms with E-state index in [2.05, 4.69) is 31.1 Å². The summed E-state index contributed by atoms with van der Waals surface area (Å²) in [6.45, 7) is 14.3. The molecule has 2 aliphatic carbocycles. The quantitative estimate of drug-likeness (QED) is 0.347. The van der Waals surface area contributed by atoms with Crippen LogP contribution in [0.3, 0.4) is 0 Å². The molecule has 3 fully saturated rings. The summed E-state index contributed by atoms with van der Waals surface area (Å²) in [6.07, 6.45) is 5.73. The normalized spacial score (nSPS) is 27.5. The van der Waals surface area contributed by atoms with Crippen LogP contribution >= 0.6 is 0 Å². The topological polar surface area (TPSA) is 122 Å². The molecule has 0 bridgehead atoms. The highest BCUT2D eigenvalue weighted by molar-refractivity contribution is 6.38. The van der Waals surface area contributed by atoms with Gasteiger partial charge in [0, 0.05) is 13.1 Å². The van der Waals surface area contributed by atoms with Gasteiger partial charge in [-0.3, -0.25) is 19.2 Å². The number of Topliss-reactive ketones (excluding diaryl/α,β-unsaturated/α-hetero) is 1. The molecule has 0 aromatic rings. The molecule has 8 heteroatoms. The van der Waals surface area contributed by atoms with Gasteiger partial charge in [0.2, 0.25) is 17.6 Å². The number of ketones is 1. The smallest absolute Gasteiger partial charge is 0.289 e. The van der Waals surface area contributed by atoms with Gasteiger partial charge in [0.25, 0.3) is 5.91 Å². The maximum Gasteiger partial charge on any atom is 0.289 e. The van der Waals surface area contributed by atoms with Gasteiger partial charge in [-0.15, -0.1) is 6.58 Å². The van der Waals surface area contributed by atoms with E-state index in [1.54, 1.807) is 4.90 Å². The SMILES string of the molecule is C=CCNC(=O)C(=O)C(CC1CC1)NC(=O)[C@@H]1[C@H]2CCC(C)(C)[C@H]2CN1C(=O)[C@@H](N)C(C)(C)C. The van der Waals surface area contributed by atoms with Crippen LogP contribution in [0, 0.1) is 28.6 Å². The molecule has 3 aliphatic rings. The Kier molecular flexibility index (Phi) is 7.60. The molecular formula is C26H42N4O4. The fourth-order valence-corrected chi connectivity index (χ4v) is 5.52. The zero-order valence-electron chi connectivity index (χ0n) is 21.4. The number of fused-ring (bicyclic) bond motifs is 1. The van der Waals surface area contributed by atoms with Crippen molar-refractivity contribution < 1.29 is 19.2 Å². The third-order valence-electron chi connectivity index (χ3n) is 8.06. The number of rotatable bonds is 9. The third-order valence-corrected chi connectivity index (χ3v) is 8.06. The van der Waals surface area contributed by atoms with Gasteiger partial charge < -0.3 is 21.3 Å². The maximum atomic E-state index is 13.7. The number of nitrogens with zero attached hydrogens (tertiary/aromatic N) is 1. The van der Waals surface area contributed by atoms with Crippen molar-refractivity contribution in [3.8, 4) is 0 Å². The fraction of sp³-hybridized carbons (Fsp3) is 0.769. The number of carbonyl (C=O) groups excluding carboxylic acids is 4. The second-order valence-electron chi connectivity index (χ2n) is 12.2. The highest BCUT2D eigenvalue weighted by Gasteiger charge is 2.57. The van der Waals surface area contributed by atoms with E-state index in [1.807, 2.05) is 20.8 Å². The number of nitrogens with two attached hydrogens (primary N) is 1. The van der Waals surface area contributed by atoms with Gasteiger partial charge >= 0.3 is 0 Å². The molecule has 3 amide bonds. The van der Waals surface area contributed by atoms with E-state index < -0.39 is 35.2 Å². The van der Waals surface area contributed by atoms with Crippen molar-refractivity contribution >= 4 is 23.5 Å². The standard InChI is InChI=1S/C26H42N4O4/c1-7-12-28-23(33)20(31)18(13-15-8-9-15)29-22(32)19-16-10-11-26(5,6)17(16)14-30(19)24(34)21(27)25(2,3)4/h7,15-19,21H,1,8-14,27H2,2-6H3,(H,28,33)(H,29,32)/t16-,17-,18?,19-,21+/m0/s1. The second-order valence-corrected chi connectivity index (χ2v) is 12.2. The van der Waals surface area contributed by atoms with Crippen LogP contribution in [0.15, 0.2) is 12.7 Å². The number of hydrogen-bond acceptors (Lipinski definition) is 5. The average molecular weight is 475 g/mol. The first-order valence-electron chi connectivity index (χ1n) is 12.6.